The van der Waals surface area contributed by atoms with Crippen LogP contribution in [0.5, 0.6) is 0 Å². The summed E-state index contributed by atoms with van der Waals surface area (Å²) in [6.45, 7) is 4.03. The van der Waals surface area contributed by atoms with Crippen LogP contribution < -0.4 is 11.1 Å². The van der Waals surface area contributed by atoms with Crippen LogP contribution in [0.25, 0.3) is 0 Å². The molecule has 0 fully saturated rings. The van der Waals surface area contributed by atoms with Gasteiger partial charge in [-0.25, -0.2) is 0 Å². The summed E-state index contributed by atoms with van der Waals surface area (Å²) < 4.78 is 0. The molecular formula is C15H18N2OS. The van der Waals surface area contributed by atoms with Crippen LogP contribution in [0.4, 0.5) is 5.69 Å². The maximum Gasteiger partial charge on any atom is 0.262 e. The molecule has 0 saturated carbocycles. The van der Waals surface area contributed by atoms with E-state index in [9.17, 15) is 4.79 Å². The van der Waals surface area contributed by atoms with Gasteiger partial charge in [-0.15, -0.1) is 11.3 Å². The standard InChI is InChI=1S/C15H18N2OS/c1-3-11-8-9-19-14(11)15(18)17-10(2)12-4-6-13(16)7-5-12/h4-10H,3,16H2,1-2H3,(H,17,18). The quantitative estimate of drug-likeness (QED) is 0.840. The van der Waals surface area contributed by atoms with Crippen LogP contribution in [-0.2, 0) is 6.42 Å². The Kier molecular flexibility index (Phi) is 4.22. The van der Waals surface area contributed by atoms with E-state index in [1.807, 2.05) is 42.6 Å². The number of hydrogen-bond acceptors (Lipinski definition) is 3. The summed E-state index contributed by atoms with van der Waals surface area (Å²) in [4.78, 5) is 13.0. The molecule has 0 aliphatic heterocycles. The molecule has 4 heteroatoms. The number of amides is 1. The van der Waals surface area contributed by atoms with Crippen molar-refractivity contribution in [3.05, 3.63) is 51.7 Å². The summed E-state index contributed by atoms with van der Waals surface area (Å²) in [6.07, 6.45) is 0.877. The summed E-state index contributed by atoms with van der Waals surface area (Å²) in [5, 5.41) is 4.98. The zero-order chi connectivity index (χ0) is 13.8. The normalized spacial score (nSPS) is 12.1. The summed E-state index contributed by atoms with van der Waals surface area (Å²) >= 11 is 1.49. The van der Waals surface area contributed by atoms with E-state index in [4.69, 9.17) is 5.73 Å². The molecule has 19 heavy (non-hydrogen) atoms. The molecule has 0 spiro atoms. The monoisotopic (exact) mass is 274 g/mol. The van der Waals surface area contributed by atoms with Crippen LogP contribution in [-0.4, -0.2) is 5.91 Å². The van der Waals surface area contributed by atoms with Crippen LogP contribution in [0.3, 0.4) is 0 Å². The Hall–Kier alpha value is -1.81. The summed E-state index contributed by atoms with van der Waals surface area (Å²) in [6, 6.07) is 9.56. The summed E-state index contributed by atoms with van der Waals surface area (Å²) in [7, 11) is 0. The number of thiophene rings is 1. The van der Waals surface area contributed by atoms with E-state index in [0.717, 1.165) is 28.1 Å². The van der Waals surface area contributed by atoms with Gasteiger partial charge in [-0.1, -0.05) is 19.1 Å². The van der Waals surface area contributed by atoms with Crippen LogP contribution in [0, 0.1) is 0 Å². The first-order chi connectivity index (χ1) is 9.11. The molecule has 2 rings (SSSR count). The highest BCUT2D eigenvalue weighted by Crippen LogP contribution is 2.20. The molecule has 1 aromatic heterocycles. The van der Waals surface area contributed by atoms with Crippen LogP contribution in [0.1, 0.15) is 40.7 Å². The second kappa shape index (κ2) is 5.89. The number of nitrogens with two attached hydrogens (primary N) is 1. The van der Waals surface area contributed by atoms with E-state index >= 15 is 0 Å². The molecule has 1 unspecified atom stereocenters. The van der Waals surface area contributed by atoms with Crippen LogP contribution in [0.15, 0.2) is 35.7 Å². The lowest BCUT2D eigenvalue weighted by Crippen LogP contribution is -2.26. The molecule has 3 nitrogen and oxygen atoms in total. The third-order valence-electron chi connectivity index (χ3n) is 3.12. The fourth-order valence-electron chi connectivity index (χ4n) is 1.94. The Morgan fingerprint density at radius 3 is 2.63 bits per heavy atom. The van der Waals surface area contributed by atoms with E-state index in [-0.39, 0.29) is 11.9 Å². The van der Waals surface area contributed by atoms with Gasteiger partial charge in [0.1, 0.15) is 0 Å². The lowest BCUT2D eigenvalue weighted by Gasteiger charge is -2.14. The third kappa shape index (κ3) is 3.15. The van der Waals surface area contributed by atoms with E-state index in [2.05, 4.69) is 12.2 Å². The van der Waals surface area contributed by atoms with Gasteiger partial charge in [-0.2, -0.15) is 0 Å². The Balaban J connectivity index is 2.08. The van der Waals surface area contributed by atoms with Gasteiger partial charge in [-0.05, 0) is 48.1 Å². The minimum atomic E-state index is -0.0279. The predicted octanol–water partition coefficient (Wildman–Crippen LogP) is 3.38. The van der Waals surface area contributed by atoms with Gasteiger partial charge in [0, 0.05) is 5.69 Å². The highest BCUT2D eigenvalue weighted by molar-refractivity contribution is 7.12. The molecule has 1 aromatic carbocycles. The first kappa shape index (κ1) is 13.6. The number of rotatable bonds is 4. The molecule has 0 radical (unpaired) electrons. The van der Waals surface area contributed by atoms with Crippen molar-refractivity contribution in [3.63, 3.8) is 0 Å². The highest BCUT2D eigenvalue weighted by atomic mass is 32.1. The van der Waals surface area contributed by atoms with Crippen molar-refractivity contribution in [2.45, 2.75) is 26.3 Å². The van der Waals surface area contributed by atoms with Gasteiger partial charge < -0.3 is 11.1 Å². The number of anilines is 1. The van der Waals surface area contributed by atoms with Gasteiger partial charge in [0.05, 0.1) is 10.9 Å². The average Bonchev–Trinajstić information content (AvgIpc) is 2.87. The Bertz CT molecular complexity index is 560. The fraction of sp³-hybridized carbons (Fsp3) is 0.267. The number of aryl methyl sites for hydroxylation is 1. The third-order valence-corrected chi connectivity index (χ3v) is 4.07. The molecule has 2 aromatic rings. The van der Waals surface area contributed by atoms with Gasteiger partial charge in [-0.3, -0.25) is 4.79 Å². The van der Waals surface area contributed by atoms with Crippen LogP contribution in [0.2, 0.25) is 0 Å². The Labute approximate surface area is 117 Å². The van der Waals surface area contributed by atoms with Gasteiger partial charge >= 0.3 is 0 Å². The fourth-order valence-corrected chi connectivity index (χ4v) is 2.84. The number of carbonyl (C=O) groups is 1. The predicted molar refractivity (Wildman–Crippen MR) is 80.4 cm³/mol. The van der Waals surface area contributed by atoms with Crippen molar-refractivity contribution in [2.75, 3.05) is 5.73 Å². The number of nitrogens with one attached hydrogen (secondary N) is 1. The molecule has 1 atom stereocenters. The van der Waals surface area contributed by atoms with E-state index in [1.165, 1.54) is 11.3 Å². The molecule has 1 amide bonds. The Morgan fingerprint density at radius 2 is 2.00 bits per heavy atom. The topological polar surface area (TPSA) is 55.1 Å². The first-order valence-electron chi connectivity index (χ1n) is 6.34. The van der Waals surface area contributed by atoms with Crippen LogP contribution >= 0.6 is 11.3 Å². The smallest absolute Gasteiger partial charge is 0.262 e. The molecule has 3 N–H and O–H groups in total. The van der Waals surface area contributed by atoms with E-state index in [0.29, 0.717) is 0 Å². The number of benzene rings is 1. The van der Waals surface area contributed by atoms with Gasteiger partial charge in [0.15, 0.2) is 0 Å². The van der Waals surface area contributed by atoms with Crippen molar-refractivity contribution in [3.8, 4) is 0 Å². The van der Waals surface area contributed by atoms with Crippen molar-refractivity contribution >= 4 is 22.9 Å². The van der Waals surface area contributed by atoms with Crippen molar-refractivity contribution < 1.29 is 4.79 Å². The lowest BCUT2D eigenvalue weighted by atomic mass is 10.1. The van der Waals surface area contributed by atoms with Crippen molar-refractivity contribution in [1.82, 2.24) is 5.32 Å². The summed E-state index contributed by atoms with van der Waals surface area (Å²) in [5.41, 5.74) is 8.54. The van der Waals surface area contributed by atoms with Gasteiger partial charge in [0.2, 0.25) is 0 Å². The highest BCUT2D eigenvalue weighted by Gasteiger charge is 2.15. The summed E-state index contributed by atoms with van der Waals surface area (Å²) in [5.74, 6) is -0.00354. The maximum absolute atomic E-state index is 12.2. The minimum absolute atomic E-state index is 0.00354. The molecule has 1 heterocycles. The zero-order valence-electron chi connectivity index (χ0n) is 11.1. The maximum atomic E-state index is 12.2. The molecule has 0 saturated heterocycles. The van der Waals surface area contributed by atoms with Crippen molar-refractivity contribution in [2.24, 2.45) is 0 Å². The molecular weight excluding hydrogens is 256 g/mol. The second-order valence-electron chi connectivity index (χ2n) is 4.49. The number of hydrogen-bond donors (Lipinski definition) is 2. The average molecular weight is 274 g/mol. The number of carbonyl (C=O) groups excluding carboxylic acids is 1. The number of nitrogen functional groups attached to an aromatic ring is 1. The van der Waals surface area contributed by atoms with Crippen molar-refractivity contribution in [1.29, 1.82) is 0 Å². The molecule has 0 bridgehead atoms. The van der Waals surface area contributed by atoms with Gasteiger partial charge in [0.25, 0.3) is 5.91 Å². The van der Waals surface area contributed by atoms with E-state index in [1.54, 1.807) is 0 Å². The lowest BCUT2D eigenvalue weighted by molar-refractivity contribution is 0.0943. The van der Waals surface area contributed by atoms with E-state index < -0.39 is 0 Å². The molecule has 100 valence electrons. The minimum Gasteiger partial charge on any atom is -0.399 e. The molecule has 0 aliphatic rings. The zero-order valence-corrected chi connectivity index (χ0v) is 12.0. The largest absolute Gasteiger partial charge is 0.399 e. The molecule has 0 aliphatic carbocycles. The first-order valence-corrected chi connectivity index (χ1v) is 7.22. The Morgan fingerprint density at radius 1 is 1.32 bits per heavy atom. The second-order valence-corrected chi connectivity index (χ2v) is 5.41. The SMILES string of the molecule is CCc1ccsc1C(=O)NC(C)c1ccc(N)cc1.